The number of hydrogen-bond acceptors (Lipinski definition) is 5. The first-order valence-electron chi connectivity index (χ1n) is 13.1. The Labute approximate surface area is 224 Å². The number of halogens is 1. The number of fused-ring (bicyclic) bond motifs is 1. The van der Waals surface area contributed by atoms with E-state index in [9.17, 15) is 14.0 Å². The summed E-state index contributed by atoms with van der Waals surface area (Å²) in [4.78, 5) is 33.7. The highest BCUT2D eigenvalue weighted by molar-refractivity contribution is 7.15. The molecule has 1 aliphatic carbocycles. The Morgan fingerprint density at radius 2 is 1.79 bits per heavy atom. The molecule has 6 rings (SSSR count). The Kier molecular flexibility index (Phi) is 6.81. The number of nitrogens with zero attached hydrogens (tertiary/aromatic N) is 2. The lowest BCUT2D eigenvalue weighted by molar-refractivity contribution is 0.0607. The molecule has 4 aromatic rings. The Hall–Kier alpha value is -3.78. The Morgan fingerprint density at radius 1 is 1.00 bits per heavy atom. The highest BCUT2D eigenvalue weighted by atomic mass is 32.1. The predicted octanol–water partition coefficient (Wildman–Crippen LogP) is 6.76. The van der Waals surface area contributed by atoms with E-state index < -0.39 is 6.09 Å². The first-order valence-corrected chi connectivity index (χ1v) is 13.9. The molecule has 1 saturated carbocycles. The maximum atomic E-state index is 14.7. The summed E-state index contributed by atoms with van der Waals surface area (Å²) in [6.45, 7) is 0.834. The SMILES string of the molecule is O=C(NC[C@@H]1CCCCN1C(=O)c1nc(C2CC2)sc1-c1ccccc1F)Oc1cccc2ccccc12. The summed E-state index contributed by atoms with van der Waals surface area (Å²) >= 11 is 1.42. The molecule has 8 heteroatoms. The molecule has 1 aromatic heterocycles. The first kappa shape index (κ1) is 24.6. The smallest absolute Gasteiger partial charge is 0.410 e. The van der Waals surface area contributed by atoms with Crippen LogP contribution >= 0.6 is 11.3 Å². The van der Waals surface area contributed by atoms with Gasteiger partial charge in [-0.15, -0.1) is 11.3 Å². The van der Waals surface area contributed by atoms with Crippen LogP contribution in [-0.2, 0) is 0 Å². The van der Waals surface area contributed by atoms with Crippen LogP contribution in [0.4, 0.5) is 9.18 Å². The third kappa shape index (κ3) is 5.00. The molecular formula is C30H28FN3O3S. The number of carbonyl (C=O) groups excluding carboxylic acids is 2. The van der Waals surface area contributed by atoms with Crippen molar-refractivity contribution < 1.29 is 18.7 Å². The molecule has 2 amide bonds. The quantitative estimate of drug-likeness (QED) is 0.299. The average molecular weight is 530 g/mol. The van der Waals surface area contributed by atoms with Gasteiger partial charge in [-0.2, -0.15) is 0 Å². The van der Waals surface area contributed by atoms with Gasteiger partial charge in [0.25, 0.3) is 5.91 Å². The van der Waals surface area contributed by atoms with Crippen LogP contribution in [0, 0.1) is 5.82 Å². The lowest BCUT2D eigenvalue weighted by atomic mass is 10.0. The van der Waals surface area contributed by atoms with Crippen molar-refractivity contribution in [3.8, 4) is 16.2 Å². The van der Waals surface area contributed by atoms with Crippen molar-refractivity contribution in [2.45, 2.75) is 44.1 Å². The van der Waals surface area contributed by atoms with E-state index in [2.05, 4.69) is 5.32 Å². The molecule has 3 aromatic carbocycles. The number of nitrogens with one attached hydrogen (secondary N) is 1. The summed E-state index contributed by atoms with van der Waals surface area (Å²) in [5.41, 5.74) is 0.720. The van der Waals surface area contributed by atoms with Crippen LogP contribution in [0.15, 0.2) is 66.7 Å². The molecule has 0 radical (unpaired) electrons. The van der Waals surface area contributed by atoms with Gasteiger partial charge in [0.1, 0.15) is 17.3 Å². The van der Waals surface area contributed by atoms with Gasteiger partial charge >= 0.3 is 6.09 Å². The van der Waals surface area contributed by atoms with E-state index in [-0.39, 0.29) is 24.3 Å². The standard InChI is InChI=1S/C30H28FN3O3S/c31-24-13-4-3-12-23(24)27-26(33-28(38-27)20-15-16-20)29(35)34-17-6-5-10-21(34)18-32-30(36)37-25-14-7-9-19-8-1-2-11-22(19)25/h1-4,7-9,11-14,20-21H,5-6,10,15-18H2,(H,32,36)/t21-/m0/s1. The molecule has 0 bridgehead atoms. The van der Waals surface area contributed by atoms with Crippen molar-refractivity contribution in [2.75, 3.05) is 13.1 Å². The second kappa shape index (κ2) is 10.5. The van der Waals surface area contributed by atoms with E-state index >= 15 is 0 Å². The molecule has 0 unspecified atom stereocenters. The van der Waals surface area contributed by atoms with Crippen LogP contribution < -0.4 is 10.1 Å². The number of aromatic nitrogens is 1. The highest BCUT2D eigenvalue weighted by Crippen LogP contribution is 2.45. The molecule has 2 heterocycles. The van der Waals surface area contributed by atoms with Gasteiger partial charge in [-0.1, -0.05) is 54.6 Å². The number of likely N-dealkylation sites (tertiary alicyclic amines) is 1. The number of piperidine rings is 1. The fourth-order valence-electron chi connectivity index (χ4n) is 5.05. The molecule has 194 valence electrons. The Balaban J connectivity index is 1.19. The minimum atomic E-state index is -0.559. The molecule has 1 saturated heterocycles. The number of rotatable bonds is 6. The normalized spacial score (nSPS) is 17.4. The predicted molar refractivity (Wildman–Crippen MR) is 146 cm³/mol. The molecular weight excluding hydrogens is 501 g/mol. The van der Waals surface area contributed by atoms with Crippen LogP contribution in [0.2, 0.25) is 0 Å². The summed E-state index contributed by atoms with van der Waals surface area (Å²) in [6.07, 6.45) is 4.13. The zero-order valence-electron chi connectivity index (χ0n) is 20.9. The first-order chi connectivity index (χ1) is 18.6. The molecule has 1 N–H and O–H groups in total. The van der Waals surface area contributed by atoms with E-state index in [1.54, 1.807) is 29.2 Å². The summed E-state index contributed by atoms with van der Waals surface area (Å²) in [5, 5.41) is 5.60. The molecule has 1 atom stereocenters. The summed E-state index contributed by atoms with van der Waals surface area (Å²) in [5.74, 6) is 0.275. The van der Waals surface area contributed by atoms with Gasteiger partial charge in [-0.3, -0.25) is 4.79 Å². The molecule has 2 aliphatic rings. The summed E-state index contributed by atoms with van der Waals surface area (Å²) in [7, 11) is 0. The van der Waals surface area contributed by atoms with Gasteiger partial charge in [-0.25, -0.2) is 14.2 Å². The zero-order valence-corrected chi connectivity index (χ0v) is 21.7. The van der Waals surface area contributed by atoms with Gasteiger partial charge in [0.05, 0.1) is 9.88 Å². The zero-order chi connectivity index (χ0) is 26.1. The largest absolute Gasteiger partial charge is 0.412 e. The highest BCUT2D eigenvalue weighted by Gasteiger charge is 2.35. The minimum Gasteiger partial charge on any atom is -0.410 e. The second-order valence-electron chi connectivity index (χ2n) is 9.88. The molecule has 38 heavy (non-hydrogen) atoms. The lowest BCUT2D eigenvalue weighted by Crippen LogP contribution is -2.50. The average Bonchev–Trinajstić information content (AvgIpc) is 3.71. The number of carbonyl (C=O) groups is 2. The summed E-state index contributed by atoms with van der Waals surface area (Å²) in [6, 6.07) is 19.6. The molecule has 6 nitrogen and oxygen atoms in total. The maximum absolute atomic E-state index is 14.7. The number of benzene rings is 3. The molecule has 0 spiro atoms. The second-order valence-corrected chi connectivity index (χ2v) is 10.9. The fraction of sp³-hybridized carbons (Fsp3) is 0.300. The van der Waals surface area contributed by atoms with Gasteiger partial charge < -0.3 is 15.0 Å². The van der Waals surface area contributed by atoms with Crippen molar-refractivity contribution in [1.82, 2.24) is 15.2 Å². The van der Waals surface area contributed by atoms with E-state index in [1.165, 1.54) is 17.4 Å². The third-order valence-corrected chi connectivity index (χ3v) is 8.46. The lowest BCUT2D eigenvalue weighted by Gasteiger charge is -2.35. The van der Waals surface area contributed by atoms with Crippen molar-refractivity contribution in [1.29, 1.82) is 0 Å². The van der Waals surface area contributed by atoms with Gasteiger partial charge in [0.2, 0.25) is 0 Å². The fourth-order valence-corrected chi connectivity index (χ4v) is 6.31. The van der Waals surface area contributed by atoms with Gasteiger partial charge in [-0.05, 0) is 49.6 Å². The van der Waals surface area contributed by atoms with Gasteiger partial charge in [0.15, 0.2) is 0 Å². The Morgan fingerprint density at radius 3 is 2.63 bits per heavy atom. The van der Waals surface area contributed by atoms with E-state index in [4.69, 9.17) is 9.72 Å². The van der Waals surface area contributed by atoms with Crippen LogP contribution in [0.3, 0.4) is 0 Å². The van der Waals surface area contributed by atoms with Crippen molar-refractivity contribution in [3.63, 3.8) is 0 Å². The van der Waals surface area contributed by atoms with Crippen molar-refractivity contribution in [3.05, 3.63) is 83.2 Å². The number of amides is 2. The van der Waals surface area contributed by atoms with E-state index in [0.29, 0.717) is 34.3 Å². The number of thiazole rings is 1. The van der Waals surface area contributed by atoms with Crippen LogP contribution in [-0.4, -0.2) is 41.0 Å². The Bertz CT molecular complexity index is 1490. The topological polar surface area (TPSA) is 71.5 Å². The molecule has 1 aliphatic heterocycles. The van der Waals surface area contributed by atoms with Crippen LogP contribution in [0.5, 0.6) is 5.75 Å². The van der Waals surface area contributed by atoms with E-state index in [1.807, 2.05) is 36.4 Å². The maximum Gasteiger partial charge on any atom is 0.412 e. The van der Waals surface area contributed by atoms with Crippen molar-refractivity contribution in [2.24, 2.45) is 0 Å². The van der Waals surface area contributed by atoms with Crippen LogP contribution in [0.1, 0.15) is 53.5 Å². The van der Waals surface area contributed by atoms with Gasteiger partial charge in [0, 0.05) is 36.0 Å². The number of ether oxygens (including phenoxy) is 1. The third-order valence-electron chi connectivity index (χ3n) is 7.21. The summed E-state index contributed by atoms with van der Waals surface area (Å²) < 4.78 is 20.4. The van der Waals surface area contributed by atoms with Crippen LogP contribution in [0.25, 0.3) is 21.2 Å². The number of hydrogen-bond donors (Lipinski definition) is 1. The minimum absolute atomic E-state index is 0.198. The molecule has 2 fully saturated rings. The van der Waals surface area contributed by atoms with E-state index in [0.717, 1.165) is 47.9 Å². The monoisotopic (exact) mass is 529 g/mol. The van der Waals surface area contributed by atoms with Crippen molar-refractivity contribution >= 4 is 34.1 Å².